The number of aromatic nitrogens is 5. The van der Waals surface area contributed by atoms with Crippen molar-refractivity contribution in [2.75, 3.05) is 18.0 Å². The van der Waals surface area contributed by atoms with E-state index in [1.54, 1.807) is 6.20 Å². The van der Waals surface area contributed by atoms with Crippen LogP contribution in [0.4, 0.5) is 5.95 Å². The third kappa shape index (κ3) is 2.79. The molecule has 0 bridgehead atoms. The molecular weight excluding hydrogens is 252 g/mol. The van der Waals surface area contributed by atoms with Crippen LogP contribution >= 0.6 is 0 Å². The van der Waals surface area contributed by atoms with Crippen molar-refractivity contribution in [1.82, 2.24) is 24.7 Å². The standard InChI is InChI=1S/C14H20N6/c1-11-9-15-10-12(16-11)5-6-13-17-14(18-19(13)2)20-7-3-4-8-20/h9-10H,3-8H2,1-2H3. The van der Waals surface area contributed by atoms with Gasteiger partial charge in [0.25, 0.3) is 0 Å². The molecule has 0 radical (unpaired) electrons. The van der Waals surface area contributed by atoms with Crippen molar-refractivity contribution in [2.45, 2.75) is 32.6 Å². The summed E-state index contributed by atoms with van der Waals surface area (Å²) < 4.78 is 1.89. The second-order valence-corrected chi connectivity index (χ2v) is 5.30. The molecule has 0 atom stereocenters. The number of nitrogens with zero attached hydrogens (tertiary/aromatic N) is 6. The molecule has 0 aromatic carbocycles. The van der Waals surface area contributed by atoms with Crippen LogP contribution in [-0.4, -0.2) is 37.8 Å². The highest BCUT2D eigenvalue weighted by molar-refractivity contribution is 5.30. The fourth-order valence-corrected chi connectivity index (χ4v) is 2.55. The van der Waals surface area contributed by atoms with E-state index in [1.807, 2.05) is 24.9 Å². The maximum atomic E-state index is 4.66. The Morgan fingerprint density at radius 3 is 2.65 bits per heavy atom. The fourth-order valence-electron chi connectivity index (χ4n) is 2.55. The first-order valence-electron chi connectivity index (χ1n) is 7.15. The van der Waals surface area contributed by atoms with Crippen molar-refractivity contribution in [2.24, 2.45) is 7.05 Å². The van der Waals surface area contributed by atoms with Gasteiger partial charge in [-0.25, -0.2) is 0 Å². The predicted molar refractivity (Wildman–Crippen MR) is 76.6 cm³/mol. The van der Waals surface area contributed by atoms with Crippen molar-refractivity contribution in [3.05, 3.63) is 29.6 Å². The molecule has 1 saturated heterocycles. The van der Waals surface area contributed by atoms with Gasteiger partial charge in [-0.2, -0.15) is 4.98 Å². The van der Waals surface area contributed by atoms with E-state index in [0.29, 0.717) is 0 Å². The van der Waals surface area contributed by atoms with Gasteiger partial charge in [0.05, 0.1) is 11.4 Å². The molecule has 0 aliphatic carbocycles. The lowest BCUT2D eigenvalue weighted by molar-refractivity contribution is 0.685. The monoisotopic (exact) mass is 272 g/mol. The van der Waals surface area contributed by atoms with Crippen LogP contribution in [0, 0.1) is 6.92 Å². The van der Waals surface area contributed by atoms with E-state index in [9.17, 15) is 0 Å². The van der Waals surface area contributed by atoms with Crippen LogP contribution in [0.3, 0.4) is 0 Å². The fraction of sp³-hybridized carbons (Fsp3) is 0.571. The molecule has 3 rings (SSSR count). The van der Waals surface area contributed by atoms with E-state index >= 15 is 0 Å². The normalized spacial score (nSPS) is 15.0. The maximum Gasteiger partial charge on any atom is 0.244 e. The van der Waals surface area contributed by atoms with Gasteiger partial charge in [0, 0.05) is 39.0 Å². The predicted octanol–water partition coefficient (Wildman–Crippen LogP) is 1.30. The third-order valence-electron chi connectivity index (χ3n) is 3.64. The lowest BCUT2D eigenvalue weighted by atomic mass is 10.2. The molecule has 0 amide bonds. The second kappa shape index (κ2) is 5.56. The molecule has 106 valence electrons. The Labute approximate surface area is 118 Å². The molecular formula is C14H20N6. The Hall–Kier alpha value is -1.98. The summed E-state index contributed by atoms with van der Waals surface area (Å²) in [5.74, 6) is 1.88. The van der Waals surface area contributed by atoms with Crippen LogP contribution in [0.25, 0.3) is 0 Å². The average molecular weight is 272 g/mol. The van der Waals surface area contributed by atoms with Crippen molar-refractivity contribution < 1.29 is 0 Å². The first kappa shape index (κ1) is 13.0. The van der Waals surface area contributed by atoms with Crippen molar-refractivity contribution in [1.29, 1.82) is 0 Å². The van der Waals surface area contributed by atoms with Crippen LogP contribution in [0.2, 0.25) is 0 Å². The molecule has 6 heteroatoms. The SMILES string of the molecule is Cc1cncc(CCc2nc(N3CCCC3)nn2C)n1. The van der Waals surface area contributed by atoms with E-state index < -0.39 is 0 Å². The number of aryl methyl sites for hydroxylation is 4. The Bertz CT molecular complexity index is 585. The summed E-state index contributed by atoms with van der Waals surface area (Å²) in [6, 6.07) is 0. The van der Waals surface area contributed by atoms with Crippen LogP contribution < -0.4 is 4.90 Å². The average Bonchev–Trinajstić information content (AvgIpc) is 3.06. The minimum Gasteiger partial charge on any atom is -0.340 e. The van der Waals surface area contributed by atoms with Crippen molar-refractivity contribution >= 4 is 5.95 Å². The molecule has 0 unspecified atom stereocenters. The highest BCUT2D eigenvalue weighted by Gasteiger charge is 2.17. The summed E-state index contributed by atoms with van der Waals surface area (Å²) in [5.41, 5.74) is 1.97. The van der Waals surface area contributed by atoms with Crippen LogP contribution in [0.15, 0.2) is 12.4 Å². The topological polar surface area (TPSA) is 59.7 Å². The second-order valence-electron chi connectivity index (χ2n) is 5.30. The lowest BCUT2D eigenvalue weighted by Crippen LogP contribution is -2.19. The van der Waals surface area contributed by atoms with Gasteiger partial charge in [-0.3, -0.25) is 14.6 Å². The van der Waals surface area contributed by atoms with Crippen LogP contribution in [-0.2, 0) is 19.9 Å². The van der Waals surface area contributed by atoms with E-state index in [2.05, 4.69) is 25.0 Å². The van der Waals surface area contributed by atoms with Gasteiger partial charge >= 0.3 is 0 Å². The molecule has 0 spiro atoms. The molecule has 20 heavy (non-hydrogen) atoms. The van der Waals surface area contributed by atoms with Gasteiger partial charge in [-0.15, -0.1) is 5.10 Å². The third-order valence-corrected chi connectivity index (χ3v) is 3.64. The zero-order chi connectivity index (χ0) is 13.9. The summed E-state index contributed by atoms with van der Waals surface area (Å²) in [4.78, 5) is 15.6. The number of hydrogen-bond acceptors (Lipinski definition) is 5. The van der Waals surface area contributed by atoms with E-state index in [0.717, 1.165) is 49.1 Å². The minimum atomic E-state index is 0.843. The first-order chi connectivity index (χ1) is 9.72. The highest BCUT2D eigenvalue weighted by Crippen LogP contribution is 2.16. The summed E-state index contributed by atoms with van der Waals surface area (Å²) >= 11 is 0. The van der Waals surface area contributed by atoms with Crippen molar-refractivity contribution in [3.63, 3.8) is 0 Å². The Morgan fingerprint density at radius 1 is 1.10 bits per heavy atom. The molecule has 0 N–H and O–H groups in total. The van der Waals surface area contributed by atoms with E-state index in [-0.39, 0.29) is 0 Å². The minimum absolute atomic E-state index is 0.843. The molecule has 2 aromatic rings. The molecule has 6 nitrogen and oxygen atoms in total. The summed E-state index contributed by atoms with van der Waals surface area (Å²) in [7, 11) is 1.96. The number of anilines is 1. The van der Waals surface area contributed by atoms with Gasteiger partial charge in [0.15, 0.2) is 0 Å². The molecule has 2 aromatic heterocycles. The van der Waals surface area contributed by atoms with Gasteiger partial charge in [0.1, 0.15) is 5.82 Å². The Kier molecular flexibility index (Phi) is 3.62. The summed E-state index contributed by atoms with van der Waals surface area (Å²) in [5, 5.41) is 4.52. The zero-order valence-corrected chi connectivity index (χ0v) is 12.1. The van der Waals surface area contributed by atoms with Gasteiger partial charge in [-0.1, -0.05) is 0 Å². The largest absolute Gasteiger partial charge is 0.340 e. The van der Waals surface area contributed by atoms with Gasteiger partial charge in [0.2, 0.25) is 5.95 Å². The van der Waals surface area contributed by atoms with Gasteiger partial charge in [-0.05, 0) is 26.2 Å². The Morgan fingerprint density at radius 2 is 1.90 bits per heavy atom. The number of hydrogen-bond donors (Lipinski definition) is 0. The number of rotatable bonds is 4. The zero-order valence-electron chi connectivity index (χ0n) is 12.1. The summed E-state index contributed by atoms with van der Waals surface area (Å²) in [6.45, 7) is 4.11. The quantitative estimate of drug-likeness (QED) is 0.839. The molecule has 1 aliphatic rings. The molecule has 1 aliphatic heterocycles. The molecule has 0 saturated carbocycles. The smallest absolute Gasteiger partial charge is 0.244 e. The van der Waals surface area contributed by atoms with E-state index in [1.165, 1.54) is 12.8 Å². The van der Waals surface area contributed by atoms with Gasteiger partial charge < -0.3 is 4.90 Å². The van der Waals surface area contributed by atoms with E-state index in [4.69, 9.17) is 0 Å². The highest BCUT2D eigenvalue weighted by atomic mass is 15.4. The maximum absolute atomic E-state index is 4.66. The molecule has 3 heterocycles. The van der Waals surface area contributed by atoms with Crippen molar-refractivity contribution in [3.8, 4) is 0 Å². The Balaban J connectivity index is 1.68. The summed E-state index contributed by atoms with van der Waals surface area (Å²) in [6.07, 6.45) is 7.77. The molecule has 1 fully saturated rings. The van der Waals surface area contributed by atoms with Crippen LogP contribution in [0.5, 0.6) is 0 Å². The lowest BCUT2D eigenvalue weighted by Gasteiger charge is -2.10. The van der Waals surface area contributed by atoms with Crippen LogP contribution in [0.1, 0.15) is 30.1 Å². The first-order valence-corrected chi connectivity index (χ1v) is 7.15.